The molecule has 2 N–H and O–H groups in total. The van der Waals surface area contributed by atoms with Crippen molar-refractivity contribution in [3.63, 3.8) is 0 Å². The Morgan fingerprint density at radius 2 is 1.79 bits per heavy atom. The third kappa shape index (κ3) is 3.84. The lowest BCUT2D eigenvalue weighted by atomic mass is 10.1. The molecule has 5 heteroatoms. The Labute approximate surface area is 146 Å². The zero-order valence-electron chi connectivity index (χ0n) is 13.7. The predicted molar refractivity (Wildman–Crippen MR) is 101 cm³/mol. The topological polar surface area (TPSA) is 49.8 Å². The second kappa shape index (κ2) is 7.32. The first-order valence-corrected chi connectivity index (χ1v) is 8.25. The molecule has 122 valence electrons. The molecule has 3 aromatic rings. The average molecular weight is 339 g/mol. The minimum absolute atomic E-state index is 0.598. The van der Waals surface area contributed by atoms with Gasteiger partial charge in [-0.1, -0.05) is 48.0 Å². The highest BCUT2D eigenvalue weighted by atomic mass is 35.5. The lowest BCUT2D eigenvalue weighted by molar-refractivity contribution is 1.09. The van der Waals surface area contributed by atoms with E-state index in [1.54, 1.807) is 0 Å². The van der Waals surface area contributed by atoms with Gasteiger partial charge in [-0.15, -0.1) is 0 Å². The summed E-state index contributed by atoms with van der Waals surface area (Å²) in [6.45, 7) is 4.81. The molecule has 0 fully saturated rings. The van der Waals surface area contributed by atoms with E-state index in [9.17, 15) is 0 Å². The number of benzene rings is 2. The average Bonchev–Trinajstić information content (AvgIpc) is 2.59. The number of anilines is 3. The molecule has 0 aliphatic rings. The maximum Gasteiger partial charge on any atom is 0.225 e. The normalized spacial score (nSPS) is 10.5. The number of nitrogens with one attached hydrogen (secondary N) is 2. The Bertz CT molecular complexity index is 834. The highest BCUT2D eigenvalue weighted by molar-refractivity contribution is 6.30. The molecule has 0 spiro atoms. The molecule has 1 aromatic heterocycles. The number of aryl methyl sites for hydroxylation is 1. The van der Waals surface area contributed by atoms with Crippen LogP contribution in [0.1, 0.15) is 12.5 Å². The van der Waals surface area contributed by atoms with Crippen LogP contribution in [0, 0.1) is 6.92 Å². The van der Waals surface area contributed by atoms with Gasteiger partial charge in [-0.3, -0.25) is 0 Å². The summed E-state index contributed by atoms with van der Waals surface area (Å²) >= 11 is 6.11. The number of aromatic nitrogens is 2. The van der Waals surface area contributed by atoms with E-state index in [1.165, 1.54) is 0 Å². The van der Waals surface area contributed by atoms with Crippen molar-refractivity contribution in [2.45, 2.75) is 13.8 Å². The Morgan fingerprint density at radius 1 is 1.00 bits per heavy atom. The van der Waals surface area contributed by atoms with Crippen LogP contribution >= 0.6 is 11.6 Å². The molecule has 0 saturated heterocycles. The van der Waals surface area contributed by atoms with E-state index >= 15 is 0 Å². The Hall–Kier alpha value is -2.59. The molecular formula is C19H19ClN4. The van der Waals surface area contributed by atoms with Crippen LogP contribution in [-0.2, 0) is 0 Å². The summed E-state index contributed by atoms with van der Waals surface area (Å²) in [5, 5.41) is 7.22. The van der Waals surface area contributed by atoms with Gasteiger partial charge in [0.05, 0.1) is 5.69 Å². The highest BCUT2D eigenvalue weighted by Crippen LogP contribution is 2.26. The van der Waals surface area contributed by atoms with Crippen LogP contribution in [0.25, 0.3) is 11.3 Å². The molecule has 0 unspecified atom stereocenters. The van der Waals surface area contributed by atoms with Gasteiger partial charge in [0.15, 0.2) is 0 Å². The molecule has 2 aromatic carbocycles. The molecule has 0 radical (unpaired) electrons. The summed E-state index contributed by atoms with van der Waals surface area (Å²) in [6, 6.07) is 17.8. The first-order valence-electron chi connectivity index (χ1n) is 7.87. The summed E-state index contributed by atoms with van der Waals surface area (Å²) in [6.07, 6.45) is 0. The van der Waals surface area contributed by atoms with Gasteiger partial charge >= 0.3 is 0 Å². The maximum absolute atomic E-state index is 6.11. The monoisotopic (exact) mass is 338 g/mol. The number of nitrogens with zero attached hydrogens (tertiary/aromatic N) is 2. The molecule has 0 aliphatic heterocycles. The van der Waals surface area contributed by atoms with E-state index in [0.29, 0.717) is 11.0 Å². The first kappa shape index (κ1) is 16.3. The van der Waals surface area contributed by atoms with Crippen LogP contribution < -0.4 is 10.6 Å². The van der Waals surface area contributed by atoms with Crippen LogP contribution in [0.15, 0.2) is 54.6 Å². The largest absolute Gasteiger partial charge is 0.354 e. The van der Waals surface area contributed by atoms with E-state index in [0.717, 1.165) is 34.9 Å². The molecule has 0 amide bonds. The van der Waals surface area contributed by atoms with E-state index in [2.05, 4.69) is 20.6 Å². The summed E-state index contributed by atoms with van der Waals surface area (Å²) in [4.78, 5) is 9.13. The van der Waals surface area contributed by atoms with E-state index in [1.807, 2.05) is 68.4 Å². The quantitative estimate of drug-likeness (QED) is 0.664. The maximum atomic E-state index is 6.11. The summed E-state index contributed by atoms with van der Waals surface area (Å²) in [5.41, 5.74) is 3.94. The van der Waals surface area contributed by atoms with Gasteiger partial charge in [-0.05, 0) is 31.5 Å². The van der Waals surface area contributed by atoms with Gasteiger partial charge in [0.2, 0.25) is 5.95 Å². The van der Waals surface area contributed by atoms with Crippen LogP contribution in [0.2, 0.25) is 5.02 Å². The van der Waals surface area contributed by atoms with Gasteiger partial charge in [-0.25, -0.2) is 4.98 Å². The van der Waals surface area contributed by atoms with Gasteiger partial charge < -0.3 is 10.6 Å². The molecule has 0 bridgehead atoms. The van der Waals surface area contributed by atoms with Crippen molar-refractivity contribution in [1.82, 2.24) is 9.97 Å². The van der Waals surface area contributed by atoms with Crippen molar-refractivity contribution in [3.8, 4) is 11.3 Å². The number of hydrogen-bond donors (Lipinski definition) is 2. The molecule has 1 heterocycles. The van der Waals surface area contributed by atoms with Crippen LogP contribution in [0.4, 0.5) is 17.5 Å². The highest BCUT2D eigenvalue weighted by Gasteiger charge is 2.08. The van der Waals surface area contributed by atoms with Gasteiger partial charge in [-0.2, -0.15) is 4.98 Å². The van der Waals surface area contributed by atoms with Crippen molar-refractivity contribution in [3.05, 3.63) is 65.2 Å². The Morgan fingerprint density at radius 3 is 2.54 bits per heavy atom. The minimum atomic E-state index is 0.598. The molecular weight excluding hydrogens is 320 g/mol. The third-order valence-electron chi connectivity index (χ3n) is 3.59. The SMILES string of the molecule is CCNc1nc(Nc2cc(Cl)ccc2C)cc(-c2ccccc2)n1. The van der Waals surface area contributed by atoms with Crippen LogP contribution in [0.5, 0.6) is 0 Å². The van der Waals surface area contributed by atoms with E-state index < -0.39 is 0 Å². The fourth-order valence-electron chi connectivity index (χ4n) is 2.37. The Kier molecular flexibility index (Phi) is 4.96. The predicted octanol–water partition coefficient (Wildman–Crippen LogP) is 5.28. The summed E-state index contributed by atoms with van der Waals surface area (Å²) < 4.78 is 0. The van der Waals surface area contributed by atoms with E-state index in [-0.39, 0.29) is 0 Å². The standard InChI is InChI=1S/C19H19ClN4/c1-3-21-19-23-17(14-7-5-4-6-8-14)12-18(24-19)22-16-11-15(20)10-9-13(16)2/h4-12H,3H2,1-2H3,(H2,21,22,23,24). The van der Waals surface area contributed by atoms with Crippen LogP contribution in [0.3, 0.4) is 0 Å². The molecule has 24 heavy (non-hydrogen) atoms. The minimum Gasteiger partial charge on any atom is -0.354 e. The number of hydrogen-bond acceptors (Lipinski definition) is 4. The summed E-state index contributed by atoms with van der Waals surface area (Å²) in [5.74, 6) is 1.33. The fourth-order valence-corrected chi connectivity index (χ4v) is 2.54. The molecule has 3 rings (SSSR count). The van der Waals surface area contributed by atoms with Crippen molar-refractivity contribution >= 4 is 29.1 Å². The van der Waals surface area contributed by atoms with Crippen molar-refractivity contribution in [2.24, 2.45) is 0 Å². The molecule has 0 atom stereocenters. The smallest absolute Gasteiger partial charge is 0.225 e. The summed E-state index contributed by atoms with van der Waals surface area (Å²) in [7, 11) is 0. The van der Waals surface area contributed by atoms with Crippen molar-refractivity contribution in [2.75, 3.05) is 17.2 Å². The number of halogens is 1. The lowest BCUT2D eigenvalue weighted by Gasteiger charge is -2.12. The molecule has 4 nitrogen and oxygen atoms in total. The third-order valence-corrected chi connectivity index (χ3v) is 3.83. The molecule has 0 aliphatic carbocycles. The Balaban J connectivity index is 2.00. The fraction of sp³-hybridized carbons (Fsp3) is 0.158. The van der Waals surface area contributed by atoms with Gasteiger partial charge in [0, 0.05) is 28.9 Å². The second-order valence-electron chi connectivity index (χ2n) is 5.44. The van der Waals surface area contributed by atoms with Crippen LogP contribution in [-0.4, -0.2) is 16.5 Å². The first-order chi connectivity index (χ1) is 11.7. The zero-order valence-corrected chi connectivity index (χ0v) is 14.4. The number of rotatable bonds is 5. The lowest BCUT2D eigenvalue weighted by Crippen LogP contribution is -2.05. The molecule has 0 saturated carbocycles. The second-order valence-corrected chi connectivity index (χ2v) is 5.88. The van der Waals surface area contributed by atoms with Crippen molar-refractivity contribution in [1.29, 1.82) is 0 Å². The van der Waals surface area contributed by atoms with Gasteiger partial charge in [0.25, 0.3) is 0 Å². The van der Waals surface area contributed by atoms with Crippen molar-refractivity contribution < 1.29 is 0 Å². The van der Waals surface area contributed by atoms with Gasteiger partial charge in [0.1, 0.15) is 5.82 Å². The zero-order chi connectivity index (χ0) is 16.9. The van der Waals surface area contributed by atoms with E-state index in [4.69, 9.17) is 11.6 Å².